The lowest BCUT2D eigenvalue weighted by atomic mass is 10.1. The fourth-order valence-electron chi connectivity index (χ4n) is 4.20. The molecule has 4 rings (SSSR count). The number of hydrogen-bond donors (Lipinski definition) is 2. The molecule has 2 aromatic heterocycles. The van der Waals surface area contributed by atoms with Gasteiger partial charge in [-0.25, -0.2) is 9.97 Å². The van der Waals surface area contributed by atoms with Gasteiger partial charge in [-0.15, -0.1) is 0 Å². The van der Waals surface area contributed by atoms with E-state index >= 15 is 0 Å². The lowest BCUT2D eigenvalue weighted by Crippen LogP contribution is -2.29. The minimum absolute atomic E-state index is 0.308. The van der Waals surface area contributed by atoms with Crippen LogP contribution in [0.4, 0.5) is 23.0 Å². The number of nitrogens with zero attached hydrogens (tertiary/aromatic N) is 6. The second kappa shape index (κ2) is 11.3. The lowest BCUT2D eigenvalue weighted by Gasteiger charge is -2.25. The third kappa shape index (κ3) is 5.76. The Morgan fingerprint density at radius 2 is 1.92 bits per heavy atom. The number of benzene rings is 2. The molecule has 2 aromatic carbocycles. The number of carbonyl (C=O) groups excluding carboxylic acids is 1. The van der Waals surface area contributed by atoms with Gasteiger partial charge < -0.3 is 29.7 Å². The second-order valence-electron chi connectivity index (χ2n) is 9.42. The van der Waals surface area contributed by atoms with Gasteiger partial charge in [0.1, 0.15) is 12.1 Å². The van der Waals surface area contributed by atoms with Crippen LogP contribution in [0.25, 0.3) is 22.3 Å². The first-order valence-corrected chi connectivity index (χ1v) is 12.2. The third-order valence-corrected chi connectivity index (χ3v) is 6.26. The summed E-state index contributed by atoms with van der Waals surface area (Å²) in [5.41, 5.74) is 5.19. The van der Waals surface area contributed by atoms with Crippen LogP contribution >= 0.6 is 0 Å². The van der Waals surface area contributed by atoms with E-state index in [4.69, 9.17) is 9.72 Å². The Hall–Kier alpha value is -4.44. The Morgan fingerprint density at radius 3 is 2.63 bits per heavy atom. The quantitative estimate of drug-likeness (QED) is 0.304. The van der Waals surface area contributed by atoms with Crippen LogP contribution in [0.15, 0.2) is 55.5 Å². The van der Waals surface area contributed by atoms with E-state index in [1.165, 1.54) is 12.4 Å². The zero-order chi connectivity index (χ0) is 27.4. The fourth-order valence-corrected chi connectivity index (χ4v) is 4.20. The molecule has 1 amide bonds. The summed E-state index contributed by atoms with van der Waals surface area (Å²) in [5, 5.41) is 7.23. The molecule has 10 heteroatoms. The molecule has 2 heterocycles. The number of carbonyl (C=O) groups is 1. The van der Waals surface area contributed by atoms with Crippen LogP contribution < -0.4 is 20.3 Å². The van der Waals surface area contributed by atoms with E-state index in [9.17, 15) is 4.79 Å². The van der Waals surface area contributed by atoms with Crippen molar-refractivity contribution in [1.29, 1.82) is 0 Å². The van der Waals surface area contributed by atoms with E-state index in [-0.39, 0.29) is 5.91 Å². The molecule has 10 nitrogen and oxygen atoms in total. The van der Waals surface area contributed by atoms with E-state index in [1.54, 1.807) is 7.11 Å². The normalized spacial score (nSPS) is 11.0. The van der Waals surface area contributed by atoms with Gasteiger partial charge in [0.2, 0.25) is 11.9 Å². The van der Waals surface area contributed by atoms with Gasteiger partial charge >= 0.3 is 0 Å². The smallest absolute Gasteiger partial charge is 0.247 e. The highest BCUT2D eigenvalue weighted by molar-refractivity contribution is 6.02. The molecular formula is C28H34N8O2. The Kier molecular flexibility index (Phi) is 7.92. The van der Waals surface area contributed by atoms with Crippen LogP contribution in [0.5, 0.6) is 5.75 Å². The van der Waals surface area contributed by atoms with E-state index in [1.807, 2.05) is 46.5 Å². The molecule has 0 fully saturated rings. The predicted octanol–water partition coefficient (Wildman–Crippen LogP) is 4.21. The van der Waals surface area contributed by atoms with Crippen LogP contribution in [0.1, 0.15) is 5.56 Å². The zero-order valence-corrected chi connectivity index (χ0v) is 22.7. The molecule has 0 spiro atoms. The molecule has 0 unspecified atom stereocenters. The molecule has 0 radical (unpaired) electrons. The Labute approximate surface area is 223 Å². The monoisotopic (exact) mass is 514 g/mol. The summed E-state index contributed by atoms with van der Waals surface area (Å²) in [6, 6.07) is 10.0. The summed E-state index contributed by atoms with van der Waals surface area (Å²) in [6.45, 7) is 7.24. The number of likely N-dealkylation sites (N-methyl/N-ethyl adjacent to an activating group) is 2. The SMILES string of the molecule is C=CC(=O)Nc1cc(Nc2ncnc(-c3cn(C)c4ccc(C)cc34)n2)c(OC)cc1N(C)CCN(C)C. The van der Waals surface area contributed by atoms with Crippen molar-refractivity contribution >= 4 is 39.8 Å². The fraction of sp³-hybridized carbons (Fsp3) is 0.286. The van der Waals surface area contributed by atoms with E-state index < -0.39 is 0 Å². The topological polar surface area (TPSA) is 100 Å². The van der Waals surface area contributed by atoms with Gasteiger partial charge in [-0.05, 0) is 45.3 Å². The average Bonchev–Trinajstić information content (AvgIpc) is 3.22. The summed E-state index contributed by atoms with van der Waals surface area (Å²) >= 11 is 0. The van der Waals surface area contributed by atoms with Crippen molar-refractivity contribution in [1.82, 2.24) is 24.4 Å². The largest absolute Gasteiger partial charge is 0.494 e. The number of aromatic nitrogens is 4. The maximum Gasteiger partial charge on any atom is 0.247 e. The van der Waals surface area contributed by atoms with Crippen molar-refractivity contribution < 1.29 is 9.53 Å². The van der Waals surface area contributed by atoms with Crippen LogP contribution in [-0.4, -0.2) is 71.7 Å². The molecule has 0 saturated heterocycles. The minimum atomic E-state index is -0.308. The lowest BCUT2D eigenvalue weighted by molar-refractivity contribution is -0.111. The van der Waals surface area contributed by atoms with Crippen molar-refractivity contribution in [3.05, 3.63) is 61.1 Å². The number of ether oxygens (including phenoxy) is 1. The summed E-state index contributed by atoms with van der Waals surface area (Å²) < 4.78 is 7.76. The van der Waals surface area contributed by atoms with E-state index in [0.29, 0.717) is 28.9 Å². The molecule has 0 aliphatic carbocycles. The molecule has 0 bridgehead atoms. The van der Waals surface area contributed by atoms with Gasteiger partial charge in [0, 0.05) is 55.9 Å². The first-order valence-electron chi connectivity index (χ1n) is 12.2. The van der Waals surface area contributed by atoms with Gasteiger partial charge in [0.05, 0.1) is 24.2 Å². The van der Waals surface area contributed by atoms with Crippen LogP contribution in [0.2, 0.25) is 0 Å². The molecule has 0 atom stereocenters. The number of methoxy groups -OCH3 is 1. The maximum atomic E-state index is 12.2. The van der Waals surface area contributed by atoms with Crippen LogP contribution in [0, 0.1) is 6.92 Å². The molecule has 0 aliphatic heterocycles. The molecule has 2 N–H and O–H groups in total. The zero-order valence-electron chi connectivity index (χ0n) is 22.7. The Bertz CT molecular complexity index is 1480. The molecule has 0 aliphatic rings. The van der Waals surface area contributed by atoms with Crippen LogP contribution in [0.3, 0.4) is 0 Å². The van der Waals surface area contributed by atoms with Gasteiger partial charge in [-0.2, -0.15) is 4.98 Å². The van der Waals surface area contributed by atoms with Crippen LogP contribution in [-0.2, 0) is 11.8 Å². The number of fused-ring (bicyclic) bond motifs is 1. The number of amides is 1. The maximum absolute atomic E-state index is 12.2. The van der Waals surface area contributed by atoms with E-state index in [0.717, 1.165) is 40.8 Å². The van der Waals surface area contributed by atoms with Gasteiger partial charge in [0.25, 0.3) is 0 Å². The van der Waals surface area contributed by atoms with Gasteiger partial charge in [-0.1, -0.05) is 18.2 Å². The van der Waals surface area contributed by atoms with Crippen molar-refractivity contribution in [2.45, 2.75) is 6.92 Å². The first-order chi connectivity index (χ1) is 18.2. The van der Waals surface area contributed by atoms with Gasteiger partial charge in [-0.3, -0.25) is 4.79 Å². The van der Waals surface area contributed by atoms with E-state index in [2.05, 4.69) is 66.7 Å². The number of anilines is 4. The number of hydrogen-bond acceptors (Lipinski definition) is 8. The van der Waals surface area contributed by atoms with Gasteiger partial charge in [0.15, 0.2) is 5.82 Å². The van der Waals surface area contributed by atoms with Crippen molar-refractivity contribution in [3.63, 3.8) is 0 Å². The van der Waals surface area contributed by atoms with Crippen molar-refractivity contribution in [2.75, 3.05) is 56.9 Å². The first kappa shape index (κ1) is 26.6. The minimum Gasteiger partial charge on any atom is -0.494 e. The molecule has 198 valence electrons. The summed E-state index contributed by atoms with van der Waals surface area (Å²) in [5.74, 6) is 1.18. The predicted molar refractivity (Wildman–Crippen MR) is 153 cm³/mol. The average molecular weight is 515 g/mol. The highest BCUT2D eigenvalue weighted by Gasteiger charge is 2.18. The number of nitrogens with one attached hydrogen (secondary N) is 2. The number of rotatable bonds is 10. The molecule has 38 heavy (non-hydrogen) atoms. The molecular weight excluding hydrogens is 480 g/mol. The standard InChI is InChI=1S/C28H34N8O2/c1-8-26(37)31-21-14-22(25(38-7)15-24(21)35(5)12-11-34(3)4)32-28-30-17-29-27(33-28)20-16-36(6)23-10-9-18(2)13-19(20)23/h8-10,13-17H,1,11-12H2,2-7H3,(H,31,37)(H,29,30,32,33). The third-order valence-electron chi connectivity index (χ3n) is 6.26. The van der Waals surface area contributed by atoms with Crippen molar-refractivity contribution in [3.8, 4) is 17.1 Å². The Balaban J connectivity index is 1.72. The molecule has 4 aromatic rings. The summed E-state index contributed by atoms with van der Waals surface area (Å²) in [7, 11) is 9.61. The van der Waals surface area contributed by atoms with Crippen molar-refractivity contribution in [2.24, 2.45) is 7.05 Å². The Morgan fingerprint density at radius 1 is 1.13 bits per heavy atom. The molecule has 0 saturated carbocycles. The highest BCUT2D eigenvalue weighted by atomic mass is 16.5. The summed E-state index contributed by atoms with van der Waals surface area (Å²) in [4.78, 5) is 29.9. The summed E-state index contributed by atoms with van der Waals surface area (Å²) in [6.07, 6.45) is 4.74. The number of aryl methyl sites for hydroxylation is 2. The highest BCUT2D eigenvalue weighted by Crippen LogP contribution is 2.38. The second-order valence-corrected chi connectivity index (χ2v) is 9.42.